The van der Waals surface area contributed by atoms with E-state index in [2.05, 4.69) is 5.32 Å². The van der Waals surface area contributed by atoms with Crippen molar-refractivity contribution in [2.75, 3.05) is 12.8 Å². The second-order valence-corrected chi connectivity index (χ2v) is 5.08. The third-order valence-electron chi connectivity index (χ3n) is 3.22. The highest BCUT2D eigenvalue weighted by atomic mass is 35.5. The van der Waals surface area contributed by atoms with Crippen LogP contribution in [-0.2, 0) is 0 Å². The molecular weight excluding hydrogens is 288 g/mol. The summed E-state index contributed by atoms with van der Waals surface area (Å²) in [6.45, 7) is 1.90. The molecule has 0 radical (unpaired) electrons. The summed E-state index contributed by atoms with van der Waals surface area (Å²) in [6, 6.07) is 12.2. The predicted molar refractivity (Wildman–Crippen MR) is 84.7 cm³/mol. The zero-order valence-electron chi connectivity index (χ0n) is 11.9. The van der Waals surface area contributed by atoms with E-state index in [-0.39, 0.29) is 11.9 Å². The molecule has 0 spiro atoms. The number of rotatable bonds is 4. The summed E-state index contributed by atoms with van der Waals surface area (Å²) in [5.41, 5.74) is 7.47. The van der Waals surface area contributed by atoms with Gasteiger partial charge in [0.2, 0.25) is 0 Å². The third kappa shape index (κ3) is 3.47. The molecule has 0 aliphatic carbocycles. The summed E-state index contributed by atoms with van der Waals surface area (Å²) in [5.74, 6) is 0.524. The van der Waals surface area contributed by atoms with Crippen molar-refractivity contribution in [3.63, 3.8) is 0 Å². The van der Waals surface area contributed by atoms with Gasteiger partial charge in [0.25, 0.3) is 5.91 Å². The van der Waals surface area contributed by atoms with Crippen molar-refractivity contribution in [1.29, 1.82) is 0 Å². The Morgan fingerprint density at radius 2 is 2.00 bits per heavy atom. The molecule has 2 rings (SSSR count). The van der Waals surface area contributed by atoms with Crippen molar-refractivity contribution in [2.45, 2.75) is 13.0 Å². The van der Waals surface area contributed by atoms with Gasteiger partial charge < -0.3 is 15.8 Å². The van der Waals surface area contributed by atoms with Crippen molar-refractivity contribution >= 4 is 23.2 Å². The lowest BCUT2D eigenvalue weighted by Crippen LogP contribution is -2.26. The Morgan fingerprint density at radius 3 is 2.67 bits per heavy atom. The average Bonchev–Trinajstić information content (AvgIpc) is 2.49. The van der Waals surface area contributed by atoms with Gasteiger partial charge in [0.15, 0.2) is 0 Å². The van der Waals surface area contributed by atoms with Crippen LogP contribution in [0, 0.1) is 0 Å². The van der Waals surface area contributed by atoms with Gasteiger partial charge in [-0.15, -0.1) is 0 Å². The molecule has 0 bridgehead atoms. The van der Waals surface area contributed by atoms with Crippen LogP contribution in [0.25, 0.3) is 0 Å². The highest BCUT2D eigenvalue weighted by Crippen LogP contribution is 2.25. The molecule has 2 aromatic rings. The Balaban J connectivity index is 2.16. The Morgan fingerprint density at radius 1 is 1.29 bits per heavy atom. The number of methoxy groups -OCH3 is 1. The van der Waals surface area contributed by atoms with Gasteiger partial charge in [-0.05, 0) is 31.2 Å². The molecule has 4 nitrogen and oxygen atoms in total. The molecule has 0 saturated heterocycles. The summed E-state index contributed by atoms with van der Waals surface area (Å²) in [7, 11) is 1.60. The van der Waals surface area contributed by atoms with Crippen molar-refractivity contribution in [1.82, 2.24) is 5.32 Å². The number of ether oxygens (including phenoxy) is 1. The summed E-state index contributed by atoms with van der Waals surface area (Å²) < 4.78 is 5.30. The standard InChI is InChI=1S/C16H17ClN2O2/c1-10(12-5-3-4-6-15(12)21-2)19-16(20)11-7-8-14(18)13(17)9-11/h3-10H,18H2,1-2H3,(H,19,20)/t10-/m0/s1. The van der Waals surface area contributed by atoms with Gasteiger partial charge in [-0.1, -0.05) is 29.8 Å². The number of hydrogen-bond acceptors (Lipinski definition) is 3. The number of carbonyl (C=O) groups excluding carboxylic acids is 1. The van der Waals surface area contributed by atoms with E-state index in [4.69, 9.17) is 22.1 Å². The van der Waals surface area contributed by atoms with Crippen molar-refractivity contribution < 1.29 is 9.53 Å². The number of halogens is 1. The number of nitrogen functional groups attached to an aromatic ring is 1. The molecule has 110 valence electrons. The van der Waals surface area contributed by atoms with Crippen LogP contribution in [0.4, 0.5) is 5.69 Å². The molecule has 0 saturated carbocycles. The zero-order valence-corrected chi connectivity index (χ0v) is 12.6. The number of carbonyl (C=O) groups is 1. The first-order chi connectivity index (χ1) is 10.0. The molecule has 0 aliphatic rings. The summed E-state index contributed by atoms with van der Waals surface area (Å²) in [4.78, 5) is 12.2. The smallest absolute Gasteiger partial charge is 0.251 e. The Bertz CT molecular complexity index is 658. The molecule has 5 heteroatoms. The maximum atomic E-state index is 12.2. The van der Waals surface area contributed by atoms with E-state index in [1.165, 1.54) is 0 Å². The summed E-state index contributed by atoms with van der Waals surface area (Å²) in [6.07, 6.45) is 0. The van der Waals surface area contributed by atoms with Gasteiger partial charge in [0, 0.05) is 11.1 Å². The molecular formula is C16H17ClN2O2. The average molecular weight is 305 g/mol. The van der Waals surface area contributed by atoms with Gasteiger partial charge in [-0.25, -0.2) is 0 Å². The summed E-state index contributed by atoms with van der Waals surface area (Å²) in [5, 5.41) is 3.28. The normalized spacial score (nSPS) is 11.8. The largest absolute Gasteiger partial charge is 0.496 e. The Hall–Kier alpha value is -2.20. The molecule has 1 atom stereocenters. The SMILES string of the molecule is COc1ccccc1[C@H](C)NC(=O)c1ccc(N)c(Cl)c1. The lowest BCUT2D eigenvalue weighted by molar-refractivity contribution is 0.0939. The Kier molecular flexibility index (Phi) is 4.70. The molecule has 1 amide bonds. The fourth-order valence-corrected chi connectivity index (χ4v) is 2.23. The highest BCUT2D eigenvalue weighted by molar-refractivity contribution is 6.33. The number of nitrogens with two attached hydrogens (primary N) is 1. The molecule has 0 unspecified atom stereocenters. The first-order valence-electron chi connectivity index (χ1n) is 6.51. The Labute approximate surface area is 128 Å². The number of anilines is 1. The van der Waals surface area contributed by atoms with Gasteiger partial charge >= 0.3 is 0 Å². The van der Waals surface area contributed by atoms with Crippen LogP contribution in [0.3, 0.4) is 0 Å². The molecule has 2 aromatic carbocycles. The van der Waals surface area contributed by atoms with E-state index in [0.717, 1.165) is 11.3 Å². The van der Waals surface area contributed by atoms with Crippen LogP contribution in [0.2, 0.25) is 5.02 Å². The van der Waals surface area contributed by atoms with Crippen LogP contribution < -0.4 is 15.8 Å². The number of nitrogens with one attached hydrogen (secondary N) is 1. The number of hydrogen-bond donors (Lipinski definition) is 2. The fourth-order valence-electron chi connectivity index (χ4n) is 2.05. The first-order valence-corrected chi connectivity index (χ1v) is 6.89. The highest BCUT2D eigenvalue weighted by Gasteiger charge is 2.15. The van der Waals surface area contributed by atoms with Crippen molar-refractivity contribution in [3.05, 3.63) is 58.6 Å². The van der Waals surface area contributed by atoms with Gasteiger partial charge in [-0.2, -0.15) is 0 Å². The van der Waals surface area contributed by atoms with E-state index in [1.807, 2.05) is 31.2 Å². The second-order valence-electron chi connectivity index (χ2n) is 4.67. The van der Waals surface area contributed by atoms with E-state index in [0.29, 0.717) is 16.3 Å². The molecule has 0 heterocycles. The fraction of sp³-hybridized carbons (Fsp3) is 0.188. The van der Waals surface area contributed by atoms with Crippen molar-refractivity contribution in [2.24, 2.45) is 0 Å². The molecule has 0 aromatic heterocycles. The molecule has 0 aliphatic heterocycles. The van der Waals surface area contributed by atoms with Crippen LogP contribution in [0.15, 0.2) is 42.5 Å². The van der Waals surface area contributed by atoms with E-state index in [1.54, 1.807) is 25.3 Å². The maximum Gasteiger partial charge on any atom is 0.251 e. The quantitative estimate of drug-likeness (QED) is 0.851. The van der Waals surface area contributed by atoms with Gasteiger partial charge in [0.1, 0.15) is 5.75 Å². The van der Waals surface area contributed by atoms with E-state index in [9.17, 15) is 4.79 Å². The number of amides is 1. The van der Waals surface area contributed by atoms with Crippen LogP contribution in [0.1, 0.15) is 28.9 Å². The van der Waals surface area contributed by atoms with Crippen molar-refractivity contribution in [3.8, 4) is 5.75 Å². The first kappa shape index (κ1) is 15.2. The third-order valence-corrected chi connectivity index (χ3v) is 3.54. The minimum atomic E-state index is -0.213. The molecule has 3 N–H and O–H groups in total. The number of benzene rings is 2. The van der Waals surface area contributed by atoms with E-state index >= 15 is 0 Å². The number of para-hydroxylation sites is 1. The second kappa shape index (κ2) is 6.50. The lowest BCUT2D eigenvalue weighted by Gasteiger charge is -2.17. The van der Waals surface area contributed by atoms with Crippen LogP contribution >= 0.6 is 11.6 Å². The molecule has 0 fully saturated rings. The summed E-state index contributed by atoms with van der Waals surface area (Å²) >= 11 is 5.93. The van der Waals surface area contributed by atoms with E-state index < -0.39 is 0 Å². The van der Waals surface area contributed by atoms with Crippen LogP contribution in [-0.4, -0.2) is 13.0 Å². The monoisotopic (exact) mass is 304 g/mol. The lowest BCUT2D eigenvalue weighted by atomic mass is 10.1. The minimum absolute atomic E-state index is 0.190. The van der Waals surface area contributed by atoms with Gasteiger partial charge in [-0.3, -0.25) is 4.79 Å². The molecule has 21 heavy (non-hydrogen) atoms. The van der Waals surface area contributed by atoms with Gasteiger partial charge in [0.05, 0.1) is 23.9 Å². The maximum absolute atomic E-state index is 12.2. The predicted octanol–water partition coefficient (Wildman–Crippen LogP) is 3.42. The topological polar surface area (TPSA) is 64.3 Å². The van der Waals surface area contributed by atoms with Crippen LogP contribution in [0.5, 0.6) is 5.75 Å². The zero-order chi connectivity index (χ0) is 15.4. The minimum Gasteiger partial charge on any atom is -0.496 e.